The molecule has 0 saturated carbocycles. The van der Waals surface area contributed by atoms with Gasteiger partial charge in [-0.05, 0) is 25.1 Å². The van der Waals surface area contributed by atoms with Crippen molar-refractivity contribution in [2.75, 3.05) is 6.54 Å². The second-order valence-electron chi connectivity index (χ2n) is 4.73. The molecule has 2 rings (SSSR count). The monoisotopic (exact) mass is 272 g/mol. The van der Waals surface area contributed by atoms with E-state index in [0.717, 1.165) is 24.2 Å². The third-order valence-corrected chi connectivity index (χ3v) is 3.07. The second-order valence-corrected chi connectivity index (χ2v) is 4.73. The van der Waals surface area contributed by atoms with E-state index in [2.05, 4.69) is 17.3 Å². The average molecular weight is 272 g/mol. The van der Waals surface area contributed by atoms with E-state index < -0.39 is 0 Å². The number of carbonyl (C=O) groups excluding carboxylic acids is 1. The summed E-state index contributed by atoms with van der Waals surface area (Å²) >= 11 is 0. The Kier molecular flexibility index (Phi) is 4.90. The molecule has 1 heterocycles. The van der Waals surface area contributed by atoms with E-state index in [1.807, 2.05) is 36.5 Å². The number of nitrogens with one attached hydrogen (secondary N) is 1. The molecule has 20 heavy (non-hydrogen) atoms. The number of para-hydroxylation sites is 1. The number of nitrogens with two attached hydrogens (primary N) is 1. The van der Waals surface area contributed by atoms with Crippen LogP contribution in [0.15, 0.2) is 42.7 Å². The fourth-order valence-corrected chi connectivity index (χ4v) is 2.07. The highest BCUT2D eigenvalue weighted by Crippen LogP contribution is 2.17. The van der Waals surface area contributed by atoms with Gasteiger partial charge in [-0.3, -0.25) is 4.79 Å². The molecule has 1 atom stereocenters. The number of hydrogen-bond acceptors (Lipinski definition) is 3. The minimum absolute atomic E-state index is 0.0788. The Labute approximate surface area is 118 Å². The zero-order valence-electron chi connectivity index (χ0n) is 11.6. The highest BCUT2D eigenvalue weighted by Gasteiger charge is 2.15. The minimum Gasteiger partial charge on any atom is -0.370 e. The Morgan fingerprint density at radius 2 is 2.15 bits per heavy atom. The summed E-state index contributed by atoms with van der Waals surface area (Å²) in [5, 5.41) is 7.67. The lowest BCUT2D eigenvalue weighted by atomic mass is 10.1. The van der Waals surface area contributed by atoms with Crippen LogP contribution in [0.25, 0.3) is 5.69 Å². The number of amides is 1. The zero-order chi connectivity index (χ0) is 14.4. The van der Waals surface area contributed by atoms with Gasteiger partial charge in [0, 0.05) is 24.2 Å². The summed E-state index contributed by atoms with van der Waals surface area (Å²) in [7, 11) is 0. The lowest BCUT2D eigenvalue weighted by Crippen LogP contribution is -2.27. The molecule has 106 valence electrons. The van der Waals surface area contributed by atoms with Crippen molar-refractivity contribution in [3.63, 3.8) is 0 Å². The number of aromatic nitrogens is 2. The van der Waals surface area contributed by atoms with Crippen LogP contribution >= 0.6 is 0 Å². The molecule has 1 unspecified atom stereocenters. The molecular formula is C15H20N4O. The SMILES string of the molecule is CCCNC(CC(N)=O)c1cnn(-c2ccccc2)c1. The van der Waals surface area contributed by atoms with Crippen LogP contribution in [0.5, 0.6) is 0 Å². The first-order valence-corrected chi connectivity index (χ1v) is 6.82. The summed E-state index contributed by atoms with van der Waals surface area (Å²) < 4.78 is 1.80. The molecule has 2 aromatic rings. The molecule has 0 aliphatic carbocycles. The molecule has 1 amide bonds. The van der Waals surface area contributed by atoms with Gasteiger partial charge in [0.25, 0.3) is 0 Å². The zero-order valence-corrected chi connectivity index (χ0v) is 11.6. The Morgan fingerprint density at radius 3 is 2.80 bits per heavy atom. The van der Waals surface area contributed by atoms with Crippen LogP contribution in [0.2, 0.25) is 0 Å². The van der Waals surface area contributed by atoms with Crippen molar-refractivity contribution in [3.05, 3.63) is 48.3 Å². The highest BCUT2D eigenvalue weighted by molar-refractivity contribution is 5.74. The summed E-state index contributed by atoms with van der Waals surface area (Å²) in [4.78, 5) is 11.2. The number of nitrogens with zero attached hydrogens (tertiary/aromatic N) is 2. The van der Waals surface area contributed by atoms with Crippen molar-refractivity contribution in [2.45, 2.75) is 25.8 Å². The lowest BCUT2D eigenvalue weighted by molar-refractivity contribution is -0.118. The Bertz CT molecular complexity index is 550. The van der Waals surface area contributed by atoms with E-state index in [1.165, 1.54) is 0 Å². The molecule has 0 saturated heterocycles. The summed E-state index contributed by atoms with van der Waals surface area (Å²) in [6.45, 7) is 2.93. The maximum atomic E-state index is 11.2. The van der Waals surface area contributed by atoms with Crippen molar-refractivity contribution in [1.82, 2.24) is 15.1 Å². The molecule has 0 fully saturated rings. The topological polar surface area (TPSA) is 72.9 Å². The normalized spacial score (nSPS) is 12.2. The third-order valence-electron chi connectivity index (χ3n) is 3.07. The summed E-state index contributed by atoms with van der Waals surface area (Å²) in [5.74, 6) is -0.314. The molecule has 5 nitrogen and oxygen atoms in total. The number of carbonyl (C=O) groups is 1. The molecular weight excluding hydrogens is 252 g/mol. The van der Waals surface area contributed by atoms with Crippen molar-refractivity contribution in [3.8, 4) is 5.69 Å². The van der Waals surface area contributed by atoms with Gasteiger partial charge in [-0.1, -0.05) is 25.1 Å². The van der Waals surface area contributed by atoms with Crippen LogP contribution in [0.1, 0.15) is 31.4 Å². The van der Waals surface area contributed by atoms with E-state index in [0.29, 0.717) is 0 Å². The van der Waals surface area contributed by atoms with E-state index in [9.17, 15) is 4.79 Å². The maximum Gasteiger partial charge on any atom is 0.219 e. The fraction of sp³-hybridized carbons (Fsp3) is 0.333. The van der Waals surface area contributed by atoms with Crippen molar-refractivity contribution >= 4 is 5.91 Å². The Balaban J connectivity index is 2.17. The van der Waals surface area contributed by atoms with Crippen LogP contribution in [0, 0.1) is 0 Å². The van der Waals surface area contributed by atoms with Gasteiger partial charge in [0.2, 0.25) is 5.91 Å². The standard InChI is InChI=1S/C15H20N4O/c1-2-8-17-14(9-15(16)20)12-10-18-19(11-12)13-6-4-3-5-7-13/h3-7,10-11,14,17H,2,8-9H2,1H3,(H2,16,20). The third kappa shape index (κ3) is 3.68. The van der Waals surface area contributed by atoms with E-state index in [-0.39, 0.29) is 18.4 Å². The lowest BCUT2D eigenvalue weighted by Gasteiger charge is -2.15. The molecule has 1 aromatic carbocycles. The van der Waals surface area contributed by atoms with Crippen molar-refractivity contribution in [1.29, 1.82) is 0 Å². The molecule has 0 spiro atoms. The van der Waals surface area contributed by atoms with Crippen LogP contribution in [-0.2, 0) is 4.79 Å². The number of benzene rings is 1. The first-order valence-electron chi connectivity index (χ1n) is 6.82. The van der Waals surface area contributed by atoms with Gasteiger partial charge in [-0.15, -0.1) is 0 Å². The van der Waals surface area contributed by atoms with E-state index in [1.54, 1.807) is 10.9 Å². The van der Waals surface area contributed by atoms with Crippen molar-refractivity contribution in [2.24, 2.45) is 5.73 Å². The van der Waals surface area contributed by atoms with Gasteiger partial charge in [-0.25, -0.2) is 4.68 Å². The molecule has 5 heteroatoms. The summed E-state index contributed by atoms with van der Waals surface area (Å²) in [6.07, 6.45) is 5.00. The number of hydrogen-bond donors (Lipinski definition) is 2. The predicted molar refractivity (Wildman–Crippen MR) is 78.4 cm³/mol. The number of primary amides is 1. The first kappa shape index (κ1) is 14.3. The Morgan fingerprint density at radius 1 is 1.40 bits per heavy atom. The largest absolute Gasteiger partial charge is 0.370 e. The fourth-order valence-electron chi connectivity index (χ4n) is 2.07. The van der Waals surface area contributed by atoms with Gasteiger partial charge in [0.05, 0.1) is 11.9 Å². The van der Waals surface area contributed by atoms with Gasteiger partial charge in [-0.2, -0.15) is 5.10 Å². The predicted octanol–water partition coefficient (Wildman–Crippen LogP) is 1.79. The molecule has 0 bridgehead atoms. The minimum atomic E-state index is -0.314. The summed E-state index contributed by atoms with van der Waals surface area (Å²) in [6, 6.07) is 9.79. The van der Waals surface area contributed by atoms with Gasteiger partial charge >= 0.3 is 0 Å². The molecule has 0 aliphatic heterocycles. The molecule has 1 aromatic heterocycles. The Hall–Kier alpha value is -2.14. The van der Waals surface area contributed by atoms with E-state index in [4.69, 9.17) is 5.73 Å². The first-order chi connectivity index (χ1) is 9.70. The molecule has 0 radical (unpaired) electrons. The number of rotatable bonds is 7. The van der Waals surface area contributed by atoms with Crippen molar-refractivity contribution < 1.29 is 4.79 Å². The van der Waals surface area contributed by atoms with Crippen LogP contribution in [0.4, 0.5) is 0 Å². The smallest absolute Gasteiger partial charge is 0.219 e. The van der Waals surface area contributed by atoms with E-state index >= 15 is 0 Å². The van der Waals surface area contributed by atoms with Gasteiger partial charge in [0.15, 0.2) is 0 Å². The second kappa shape index (κ2) is 6.86. The quantitative estimate of drug-likeness (QED) is 0.807. The average Bonchev–Trinajstić information content (AvgIpc) is 2.94. The summed E-state index contributed by atoms with van der Waals surface area (Å²) in [5.41, 5.74) is 7.28. The molecule has 3 N–H and O–H groups in total. The highest BCUT2D eigenvalue weighted by atomic mass is 16.1. The van der Waals surface area contributed by atoms with Crippen LogP contribution in [-0.4, -0.2) is 22.2 Å². The molecule has 0 aliphatic rings. The van der Waals surface area contributed by atoms with Gasteiger partial charge < -0.3 is 11.1 Å². The maximum absolute atomic E-state index is 11.2. The van der Waals surface area contributed by atoms with Gasteiger partial charge in [0.1, 0.15) is 0 Å². The van der Waals surface area contributed by atoms with Crippen LogP contribution in [0.3, 0.4) is 0 Å². The van der Waals surface area contributed by atoms with Crippen LogP contribution < -0.4 is 11.1 Å².